The Hall–Kier alpha value is -1.84. The molecule has 1 aromatic rings. The number of carboxylic acids is 1. The average molecular weight is 247 g/mol. The number of aliphatic carboxylic acids is 1. The third-order valence-electron chi connectivity index (χ3n) is 3.27. The first-order valence-corrected chi connectivity index (χ1v) is 6.18. The quantitative estimate of drug-likeness (QED) is 0.839. The third kappa shape index (κ3) is 3.32. The Bertz CT molecular complexity index is 470. The van der Waals surface area contributed by atoms with E-state index < -0.39 is 5.97 Å². The number of carbonyl (C=O) groups is 2. The highest BCUT2D eigenvalue weighted by Gasteiger charge is 2.38. The lowest BCUT2D eigenvalue weighted by Gasteiger charge is -2.06. The van der Waals surface area contributed by atoms with Crippen molar-refractivity contribution in [1.29, 1.82) is 0 Å². The molecule has 2 rings (SSSR count). The second-order valence-electron chi connectivity index (χ2n) is 4.90. The molecule has 2 N–H and O–H groups in total. The summed E-state index contributed by atoms with van der Waals surface area (Å²) in [6.45, 7) is 2.06. The zero-order valence-electron chi connectivity index (χ0n) is 10.3. The Labute approximate surface area is 106 Å². The first-order chi connectivity index (χ1) is 8.56. The summed E-state index contributed by atoms with van der Waals surface area (Å²) in [5.74, 6) is -0.109. The van der Waals surface area contributed by atoms with Gasteiger partial charge in [0.25, 0.3) is 0 Å². The molecule has 2 atom stereocenters. The lowest BCUT2D eigenvalue weighted by Crippen LogP contribution is -2.14. The van der Waals surface area contributed by atoms with Crippen molar-refractivity contribution >= 4 is 17.6 Å². The summed E-state index contributed by atoms with van der Waals surface area (Å²) in [6, 6.07) is 7.38. The largest absolute Gasteiger partial charge is 0.481 e. The highest BCUT2D eigenvalue weighted by Crippen LogP contribution is 2.38. The topological polar surface area (TPSA) is 66.4 Å². The molecule has 1 aliphatic carbocycles. The van der Waals surface area contributed by atoms with Gasteiger partial charge in [0.15, 0.2) is 0 Å². The van der Waals surface area contributed by atoms with Crippen molar-refractivity contribution < 1.29 is 14.7 Å². The molecular weight excluding hydrogens is 230 g/mol. The number of nitrogens with one attached hydrogen (secondary N) is 1. The second kappa shape index (κ2) is 5.21. The van der Waals surface area contributed by atoms with E-state index in [2.05, 4.69) is 12.2 Å². The van der Waals surface area contributed by atoms with E-state index in [0.29, 0.717) is 12.3 Å². The predicted molar refractivity (Wildman–Crippen MR) is 68.3 cm³/mol. The third-order valence-corrected chi connectivity index (χ3v) is 3.27. The Kier molecular flexibility index (Phi) is 3.65. The van der Waals surface area contributed by atoms with Crippen LogP contribution >= 0.6 is 0 Å². The molecule has 96 valence electrons. The Morgan fingerprint density at radius 1 is 1.44 bits per heavy atom. The van der Waals surface area contributed by atoms with Crippen molar-refractivity contribution in [3.63, 3.8) is 0 Å². The summed E-state index contributed by atoms with van der Waals surface area (Å²) in [7, 11) is 0. The van der Waals surface area contributed by atoms with Gasteiger partial charge >= 0.3 is 5.97 Å². The molecule has 1 fully saturated rings. The number of benzene rings is 1. The van der Waals surface area contributed by atoms with E-state index in [1.54, 1.807) is 0 Å². The minimum absolute atomic E-state index is 0.0675. The van der Waals surface area contributed by atoms with Crippen LogP contribution in [0.3, 0.4) is 0 Å². The van der Waals surface area contributed by atoms with E-state index >= 15 is 0 Å². The summed E-state index contributed by atoms with van der Waals surface area (Å²) in [5.41, 5.74) is 1.68. The van der Waals surface area contributed by atoms with Gasteiger partial charge in [0, 0.05) is 18.0 Å². The molecule has 1 saturated carbocycles. The number of hydrogen-bond donors (Lipinski definition) is 2. The molecule has 0 radical (unpaired) electrons. The fraction of sp³-hybridized carbons (Fsp3) is 0.429. The summed E-state index contributed by atoms with van der Waals surface area (Å²) in [5, 5.41) is 11.5. The van der Waals surface area contributed by atoms with E-state index in [4.69, 9.17) is 5.11 Å². The minimum Gasteiger partial charge on any atom is -0.481 e. The van der Waals surface area contributed by atoms with Crippen LogP contribution < -0.4 is 5.32 Å². The van der Waals surface area contributed by atoms with Gasteiger partial charge in [-0.15, -0.1) is 0 Å². The molecule has 0 heterocycles. The Morgan fingerprint density at radius 2 is 2.17 bits per heavy atom. The smallest absolute Gasteiger partial charge is 0.303 e. The van der Waals surface area contributed by atoms with Crippen molar-refractivity contribution in [3.05, 3.63) is 29.8 Å². The van der Waals surface area contributed by atoms with Gasteiger partial charge in [0.1, 0.15) is 0 Å². The van der Waals surface area contributed by atoms with Crippen LogP contribution in [0.4, 0.5) is 5.69 Å². The number of carboxylic acid groups (broad SMARTS) is 1. The number of carbonyl (C=O) groups excluding carboxylic acids is 1. The highest BCUT2D eigenvalue weighted by atomic mass is 16.4. The zero-order chi connectivity index (χ0) is 13.1. The SMILES string of the molecule is CC1CC1C(=O)Nc1cccc(CCC(=O)O)c1. The van der Waals surface area contributed by atoms with Crippen molar-refractivity contribution in [2.45, 2.75) is 26.2 Å². The van der Waals surface area contributed by atoms with Crippen LogP contribution in [0, 0.1) is 11.8 Å². The molecule has 0 spiro atoms. The van der Waals surface area contributed by atoms with Crippen molar-refractivity contribution in [1.82, 2.24) is 0 Å². The van der Waals surface area contributed by atoms with Crippen molar-refractivity contribution in [2.75, 3.05) is 5.32 Å². The number of aryl methyl sites for hydroxylation is 1. The fourth-order valence-electron chi connectivity index (χ4n) is 1.98. The van der Waals surface area contributed by atoms with Crippen molar-refractivity contribution in [3.8, 4) is 0 Å². The van der Waals surface area contributed by atoms with Crippen LogP contribution in [0.5, 0.6) is 0 Å². The molecular formula is C14H17NO3. The van der Waals surface area contributed by atoms with Gasteiger partial charge in [-0.05, 0) is 36.5 Å². The van der Waals surface area contributed by atoms with Gasteiger partial charge in [0.2, 0.25) is 5.91 Å². The Morgan fingerprint density at radius 3 is 2.78 bits per heavy atom. The molecule has 4 nitrogen and oxygen atoms in total. The molecule has 1 aromatic carbocycles. The molecule has 0 bridgehead atoms. The molecule has 4 heteroatoms. The normalized spacial score (nSPS) is 21.4. The number of anilines is 1. The van der Waals surface area contributed by atoms with Gasteiger partial charge in [-0.25, -0.2) is 0 Å². The van der Waals surface area contributed by atoms with Gasteiger partial charge in [-0.1, -0.05) is 19.1 Å². The second-order valence-corrected chi connectivity index (χ2v) is 4.90. The minimum atomic E-state index is -0.809. The fourth-order valence-corrected chi connectivity index (χ4v) is 1.98. The van der Waals surface area contributed by atoms with E-state index in [0.717, 1.165) is 17.7 Å². The lowest BCUT2D eigenvalue weighted by molar-refractivity contribution is -0.137. The molecule has 2 unspecified atom stereocenters. The number of rotatable bonds is 5. The van der Waals surface area contributed by atoms with Gasteiger partial charge in [-0.2, -0.15) is 0 Å². The summed E-state index contributed by atoms with van der Waals surface area (Å²) in [4.78, 5) is 22.3. The van der Waals surface area contributed by atoms with Crippen LogP contribution in [0.1, 0.15) is 25.3 Å². The molecule has 0 saturated heterocycles. The number of amides is 1. The first-order valence-electron chi connectivity index (χ1n) is 6.18. The molecule has 1 aliphatic rings. The maximum absolute atomic E-state index is 11.8. The van der Waals surface area contributed by atoms with Crippen LogP contribution in [0.2, 0.25) is 0 Å². The van der Waals surface area contributed by atoms with Crippen LogP contribution in [-0.4, -0.2) is 17.0 Å². The van der Waals surface area contributed by atoms with Crippen molar-refractivity contribution in [2.24, 2.45) is 11.8 Å². The predicted octanol–water partition coefficient (Wildman–Crippen LogP) is 2.30. The molecule has 18 heavy (non-hydrogen) atoms. The van der Waals surface area contributed by atoms with E-state index in [-0.39, 0.29) is 18.2 Å². The van der Waals surface area contributed by atoms with Gasteiger partial charge in [-0.3, -0.25) is 9.59 Å². The standard InChI is InChI=1S/C14H17NO3/c1-9-7-12(9)14(18)15-11-4-2-3-10(8-11)5-6-13(16)17/h2-4,8-9,12H,5-7H2,1H3,(H,15,18)(H,16,17). The van der Waals surface area contributed by atoms with E-state index in [1.807, 2.05) is 24.3 Å². The summed E-state index contributed by atoms with van der Waals surface area (Å²) < 4.78 is 0. The van der Waals surface area contributed by atoms with Gasteiger partial charge in [0.05, 0.1) is 0 Å². The van der Waals surface area contributed by atoms with Crippen LogP contribution in [0.25, 0.3) is 0 Å². The van der Waals surface area contributed by atoms with E-state index in [9.17, 15) is 9.59 Å². The molecule has 0 aliphatic heterocycles. The maximum atomic E-state index is 11.8. The molecule has 0 aromatic heterocycles. The monoisotopic (exact) mass is 247 g/mol. The van der Waals surface area contributed by atoms with Crippen LogP contribution in [0.15, 0.2) is 24.3 Å². The first kappa shape index (κ1) is 12.6. The lowest BCUT2D eigenvalue weighted by atomic mass is 10.1. The maximum Gasteiger partial charge on any atom is 0.303 e. The summed E-state index contributed by atoms with van der Waals surface area (Å²) in [6.07, 6.45) is 1.56. The highest BCUT2D eigenvalue weighted by molar-refractivity contribution is 5.94. The summed E-state index contributed by atoms with van der Waals surface area (Å²) >= 11 is 0. The van der Waals surface area contributed by atoms with E-state index in [1.165, 1.54) is 0 Å². The van der Waals surface area contributed by atoms with Gasteiger partial charge < -0.3 is 10.4 Å². The molecule has 1 amide bonds. The average Bonchev–Trinajstić information content (AvgIpc) is 3.04. The number of hydrogen-bond acceptors (Lipinski definition) is 2. The zero-order valence-corrected chi connectivity index (χ0v) is 10.3. The van der Waals surface area contributed by atoms with Crippen LogP contribution in [-0.2, 0) is 16.0 Å². The Balaban J connectivity index is 1.94.